The van der Waals surface area contributed by atoms with Crippen LogP contribution in [0.2, 0.25) is 0 Å². The van der Waals surface area contributed by atoms with Gasteiger partial charge < -0.3 is 19.7 Å². The van der Waals surface area contributed by atoms with E-state index in [2.05, 4.69) is 20.8 Å². The molecule has 0 spiro atoms. The second-order valence-electron chi connectivity index (χ2n) is 6.99. The summed E-state index contributed by atoms with van der Waals surface area (Å²) in [4.78, 5) is 0. The first-order valence-corrected chi connectivity index (χ1v) is 10.4. The van der Waals surface area contributed by atoms with Crippen molar-refractivity contribution in [3.05, 3.63) is 23.8 Å². The Morgan fingerprint density at radius 1 is 0.769 bits per heavy atom. The van der Waals surface area contributed by atoms with Crippen molar-refractivity contribution in [1.29, 1.82) is 0 Å². The molecule has 0 aromatic heterocycles. The fraction of sp³-hybridized carbons (Fsp3) is 0.727. The number of hydrogen-bond donors (Lipinski definition) is 2. The lowest BCUT2D eigenvalue weighted by Crippen LogP contribution is -2.34. The van der Waals surface area contributed by atoms with Crippen LogP contribution in [0.25, 0.3) is 0 Å². The van der Waals surface area contributed by atoms with Crippen molar-refractivity contribution < 1.29 is 19.7 Å². The maximum absolute atomic E-state index is 10.5. The Morgan fingerprint density at radius 3 is 1.92 bits per heavy atom. The van der Waals surface area contributed by atoms with Crippen LogP contribution in [-0.2, 0) is 15.3 Å². The molecule has 1 rings (SSSR count). The number of para-hydroxylation sites is 1. The largest absolute Gasteiger partial charge is 0.504 e. The minimum Gasteiger partial charge on any atom is -0.504 e. The van der Waals surface area contributed by atoms with E-state index in [-0.39, 0.29) is 11.5 Å². The zero-order chi connectivity index (χ0) is 19.3. The molecule has 0 saturated heterocycles. The van der Waals surface area contributed by atoms with Crippen LogP contribution in [0.4, 0.5) is 0 Å². The Hall–Kier alpha value is -1.26. The maximum Gasteiger partial charge on any atom is 0.198 e. The number of hydrogen-bond acceptors (Lipinski definition) is 4. The maximum atomic E-state index is 10.5. The highest BCUT2D eigenvalue weighted by Gasteiger charge is 2.37. The third-order valence-electron chi connectivity index (χ3n) is 4.70. The molecule has 0 aliphatic carbocycles. The molecule has 0 heterocycles. The van der Waals surface area contributed by atoms with Crippen molar-refractivity contribution in [2.45, 2.75) is 90.8 Å². The van der Waals surface area contributed by atoms with Crippen molar-refractivity contribution >= 4 is 0 Å². The van der Waals surface area contributed by atoms with Crippen LogP contribution >= 0.6 is 0 Å². The Balaban J connectivity index is 3.03. The van der Waals surface area contributed by atoms with Crippen LogP contribution in [0.1, 0.15) is 90.5 Å². The Morgan fingerprint density at radius 2 is 1.35 bits per heavy atom. The summed E-state index contributed by atoms with van der Waals surface area (Å²) in [7, 11) is 0. The van der Waals surface area contributed by atoms with Crippen molar-refractivity contribution in [3.8, 4) is 11.5 Å². The van der Waals surface area contributed by atoms with Crippen LogP contribution in [-0.4, -0.2) is 23.4 Å². The Labute approximate surface area is 159 Å². The molecule has 0 aliphatic rings. The van der Waals surface area contributed by atoms with E-state index < -0.39 is 5.79 Å². The van der Waals surface area contributed by atoms with Crippen LogP contribution in [0, 0.1) is 0 Å². The molecule has 0 atom stereocenters. The highest BCUT2D eigenvalue weighted by atomic mass is 16.7. The first kappa shape index (κ1) is 22.8. The smallest absolute Gasteiger partial charge is 0.198 e. The zero-order valence-electron chi connectivity index (χ0n) is 16.9. The SMILES string of the molecule is CCCCCCCC(OCCCC)(OCCCC)c1cccc(O)c1O. The molecule has 0 amide bonds. The van der Waals surface area contributed by atoms with E-state index in [1.807, 2.05) is 0 Å². The van der Waals surface area contributed by atoms with E-state index >= 15 is 0 Å². The summed E-state index contributed by atoms with van der Waals surface area (Å²) >= 11 is 0. The zero-order valence-corrected chi connectivity index (χ0v) is 16.9. The van der Waals surface area contributed by atoms with Gasteiger partial charge in [0.15, 0.2) is 17.3 Å². The molecule has 4 heteroatoms. The number of rotatable bonds is 15. The van der Waals surface area contributed by atoms with E-state index in [0.29, 0.717) is 25.2 Å². The molecular formula is C22H38O4. The highest BCUT2D eigenvalue weighted by molar-refractivity contribution is 5.46. The summed E-state index contributed by atoms with van der Waals surface area (Å²) in [6, 6.07) is 5.03. The molecule has 0 radical (unpaired) electrons. The molecule has 1 aromatic carbocycles. The van der Waals surface area contributed by atoms with E-state index in [1.165, 1.54) is 25.3 Å². The number of benzene rings is 1. The topological polar surface area (TPSA) is 58.9 Å². The average molecular weight is 367 g/mol. The van der Waals surface area contributed by atoms with Crippen LogP contribution in [0.15, 0.2) is 18.2 Å². The average Bonchev–Trinajstić information content (AvgIpc) is 2.64. The number of phenols is 2. The van der Waals surface area contributed by atoms with Crippen LogP contribution in [0.5, 0.6) is 11.5 Å². The van der Waals surface area contributed by atoms with Gasteiger partial charge in [-0.2, -0.15) is 0 Å². The lowest BCUT2D eigenvalue weighted by atomic mass is 9.96. The molecule has 0 bridgehead atoms. The van der Waals surface area contributed by atoms with E-state index in [1.54, 1.807) is 12.1 Å². The van der Waals surface area contributed by atoms with Gasteiger partial charge >= 0.3 is 0 Å². The van der Waals surface area contributed by atoms with Crippen molar-refractivity contribution in [3.63, 3.8) is 0 Å². The lowest BCUT2D eigenvalue weighted by molar-refractivity contribution is -0.253. The Bertz CT molecular complexity index is 477. The van der Waals surface area contributed by atoms with Gasteiger partial charge in [-0.05, 0) is 31.4 Å². The number of ether oxygens (including phenoxy) is 2. The van der Waals surface area contributed by atoms with Crippen molar-refractivity contribution in [1.82, 2.24) is 0 Å². The van der Waals surface area contributed by atoms with Gasteiger partial charge in [0.25, 0.3) is 0 Å². The summed E-state index contributed by atoms with van der Waals surface area (Å²) in [6.07, 6.45) is 10.3. The van der Waals surface area contributed by atoms with Crippen molar-refractivity contribution in [2.24, 2.45) is 0 Å². The first-order valence-electron chi connectivity index (χ1n) is 10.4. The first-order chi connectivity index (χ1) is 12.6. The fourth-order valence-corrected chi connectivity index (χ4v) is 3.04. The van der Waals surface area contributed by atoms with Crippen LogP contribution < -0.4 is 0 Å². The summed E-state index contributed by atoms with van der Waals surface area (Å²) in [6.45, 7) is 7.61. The molecule has 1 aromatic rings. The fourth-order valence-electron chi connectivity index (χ4n) is 3.04. The van der Waals surface area contributed by atoms with Gasteiger partial charge in [0.1, 0.15) is 0 Å². The van der Waals surface area contributed by atoms with Gasteiger partial charge in [0.05, 0.1) is 18.8 Å². The second kappa shape index (κ2) is 13.0. The molecule has 150 valence electrons. The van der Waals surface area contributed by atoms with Gasteiger partial charge in [-0.1, -0.05) is 65.4 Å². The van der Waals surface area contributed by atoms with E-state index in [9.17, 15) is 10.2 Å². The molecule has 4 nitrogen and oxygen atoms in total. The van der Waals surface area contributed by atoms with Gasteiger partial charge in [-0.25, -0.2) is 0 Å². The van der Waals surface area contributed by atoms with E-state index in [4.69, 9.17) is 9.47 Å². The standard InChI is InChI=1S/C22H38O4/c1-4-7-10-11-12-16-22(25-17-8-5-2,26-18-9-6-3)19-14-13-15-20(23)21(19)24/h13-15,23-24H,4-12,16-18H2,1-3H3. The number of aromatic hydroxyl groups is 2. The highest BCUT2D eigenvalue weighted by Crippen LogP contribution is 2.42. The number of unbranched alkanes of at least 4 members (excludes halogenated alkanes) is 6. The van der Waals surface area contributed by atoms with Gasteiger partial charge in [-0.3, -0.25) is 0 Å². The molecule has 0 unspecified atom stereocenters. The van der Waals surface area contributed by atoms with Crippen LogP contribution in [0.3, 0.4) is 0 Å². The third kappa shape index (κ3) is 7.16. The quantitative estimate of drug-likeness (QED) is 0.219. The van der Waals surface area contributed by atoms with Crippen molar-refractivity contribution in [2.75, 3.05) is 13.2 Å². The monoisotopic (exact) mass is 366 g/mol. The predicted molar refractivity (Wildman–Crippen MR) is 107 cm³/mol. The summed E-state index contributed by atoms with van der Waals surface area (Å²) in [5.74, 6) is -1.25. The molecule has 2 N–H and O–H groups in total. The minimum atomic E-state index is -0.987. The molecule has 0 fully saturated rings. The molecule has 0 aliphatic heterocycles. The lowest BCUT2D eigenvalue weighted by Gasteiger charge is -2.35. The van der Waals surface area contributed by atoms with E-state index in [0.717, 1.165) is 38.5 Å². The number of phenolic OH excluding ortho intramolecular Hbond substituents is 2. The molecule has 0 saturated carbocycles. The minimum absolute atomic E-state index is 0.129. The normalized spacial score (nSPS) is 11.8. The Kier molecular flexibility index (Phi) is 11.4. The third-order valence-corrected chi connectivity index (χ3v) is 4.70. The predicted octanol–water partition coefficient (Wildman–Crippen LogP) is 6.24. The van der Waals surface area contributed by atoms with Gasteiger partial charge in [0, 0.05) is 6.42 Å². The molecule has 26 heavy (non-hydrogen) atoms. The van der Waals surface area contributed by atoms with Gasteiger partial charge in [0.2, 0.25) is 0 Å². The summed E-state index contributed by atoms with van der Waals surface area (Å²) in [5.41, 5.74) is 0.542. The second-order valence-corrected chi connectivity index (χ2v) is 6.99. The molecular weight excluding hydrogens is 328 g/mol. The van der Waals surface area contributed by atoms with Gasteiger partial charge in [-0.15, -0.1) is 0 Å². The summed E-state index contributed by atoms with van der Waals surface area (Å²) < 4.78 is 12.5. The summed E-state index contributed by atoms with van der Waals surface area (Å²) in [5, 5.41) is 20.5.